The van der Waals surface area contributed by atoms with Gasteiger partial charge < -0.3 is 9.47 Å². The minimum absolute atomic E-state index is 0.0187. The molecular weight excluding hydrogens is 352 g/mol. The first-order valence-electron chi connectivity index (χ1n) is 11.2. The number of ketones is 1. The molecule has 2 bridgehead atoms. The molecule has 0 aromatic rings. The smallest absolute Gasteiger partial charge is 0.322 e. The van der Waals surface area contributed by atoms with Crippen molar-refractivity contribution in [2.24, 2.45) is 35.0 Å². The summed E-state index contributed by atoms with van der Waals surface area (Å²) in [6.45, 7) is 14.7. The van der Waals surface area contributed by atoms with Crippen LogP contribution in [-0.2, 0) is 19.1 Å². The van der Waals surface area contributed by atoms with E-state index in [1.54, 1.807) is 6.92 Å². The Morgan fingerprint density at radius 3 is 2.54 bits per heavy atom. The molecule has 4 rings (SSSR count). The maximum atomic E-state index is 13.5. The highest BCUT2D eigenvalue weighted by Gasteiger charge is 2.73. The van der Waals surface area contributed by atoms with E-state index in [-0.39, 0.29) is 35.6 Å². The van der Waals surface area contributed by atoms with Gasteiger partial charge in [0.1, 0.15) is 11.7 Å². The van der Waals surface area contributed by atoms with Crippen LogP contribution in [0.1, 0.15) is 73.1 Å². The molecule has 4 aliphatic rings. The summed E-state index contributed by atoms with van der Waals surface area (Å²) in [5.74, 6) is 0.732. The number of esters is 1. The highest BCUT2D eigenvalue weighted by Crippen LogP contribution is 2.59. The lowest BCUT2D eigenvalue weighted by atomic mass is 9.59. The first-order chi connectivity index (χ1) is 13.1. The Morgan fingerprint density at radius 1 is 1.11 bits per heavy atom. The van der Waals surface area contributed by atoms with E-state index >= 15 is 0 Å². The van der Waals surface area contributed by atoms with Crippen LogP contribution >= 0.6 is 0 Å². The van der Waals surface area contributed by atoms with Crippen molar-refractivity contribution < 1.29 is 19.1 Å². The lowest BCUT2D eigenvalue weighted by Crippen LogP contribution is -2.63. The second-order valence-corrected chi connectivity index (χ2v) is 10.6. The van der Waals surface area contributed by atoms with Crippen molar-refractivity contribution in [3.8, 4) is 0 Å². The van der Waals surface area contributed by atoms with Gasteiger partial charge in [0, 0.05) is 11.8 Å². The fourth-order valence-corrected chi connectivity index (χ4v) is 6.80. The molecule has 3 saturated heterocycles. The lowest BCUT2D eigenvalue weighted by molar-refractivity contribution is -0.204. The molecular formula is C24H36O4. The van der Waals surface area contributed by atoms with Gasteiger partial charge in [0.05, 0.1) is 6.10 Å². The lowest BCUT2D eigenvalue weighted by Gasteiger charge is -2.51. The van der Waals surface area contributed by atoms with E-state index in [1.807, 2.05) is 6.92 Å². The van der Waals surface area contributed by atoms with Gasteiger partial charge in [-0.05, 0) is 50.4 Å². The van der Waals surface area contributed by atoms with E-state index < -0.39 is 17.1 Å². The summed E-state index contributed by atoms with van der Waals surface area (Å²) < 4.78 is 13.0. The fraction of sp³-hybridized carbons (Fsp3) is 0.833. The number of allylic oxidation sites excluding steroid dienone is 1. The van der Waals surface area contributed by atoms with Crippen LogP contribution in [0.25, 0.3) is 0 Å². The maximum Gasteiger partial charge on any atom is 0.322 e. The first-order valence-corrected chi connectivity index (χ1v) is 11.2. The van der Waals surface area contributed by atoms with Gasteiger partial charge in [-0.25, -0.2) is 0 Å². The van der Waals surface area contributed by atoms with Gasteiger partial charge in [-0.3, -0.25) is 9.59 Å². The molecule has 4 fully saturated rings. The normalized spacial score (nSPS) is 51.9. The number of fused-ring (bicyclic) bond motifs is 1. The number of rotatable bonds is 0. The quantitative estimate of drug-likeness (QED) is 0.343. The molecule has 4 nitrogen and oxygen atoms in total. The Kier molecular flexibility index (Phi) is 4.80. The number of carbonyl (C=O) groups is 2. The average Bonchev–Trinajstić information content (AvgIpc) is 2.83. The van der Waals surface area contributed by atoms with Crippen LogP contribution in [0.5, 0.6) is 0 Å². The molecule has 0 radical (unpaired) electrons. The molecule has 0 aromatic carbocycles. The Morgan fingerprint density at radius 2 is 1.82 bits per heavy atom. The van der Waals surface area contributed by atoms with Gasteiger partial charge in [-0.2, -0.15) is 0 Å². The zero-order valence-corrected chi connectivity index (χ0v) is 18.1. The average molecular weight is 389 g/mol. The number of hydrogen-bond donors (Lipinski definition) is 0. The molecule has 0 amide bonds. The zero-order chi connectivity index (χ0) is 20.4. The Hall–Kier alpha value is -1.16. The van der Waals surface area contributed by atoms with Crippen LogP contribution in [0.3, 0.4) is 0 Å². The van der Waals surface area contributed by atoms with Crippen molar-refractivity contribution in [3.63, 3.8) is 0 Å². The third kappa shape index (κ3) is 2.66. The number of Topliss-reactive ketones (excluding diaryl/α,β-unsaturated/α-hetero) is 1. The summed E-state index contributed by atoms with van der Waals surface area (Å²) in [5, 5.41) is 0. The van der Waals surface area contributed by atoms with Crippen molar-refractivity contribution in [1.82, 2.24) is 0 Å². The number of ether oxygens (including phenoxy) is 2. The van der Waals surface area contributed by atoms with E-state index in [0.717, 1.165) is 32.1 Å². The van der Waals surface area contributed by atoms with Gasteiger partial charge >= 0.3 is 5.97 Å². The molecule has 1 spiro atoms. The molecule has 0 N–H and O–H groups in total. The molecule has 1 aliphatic carbocycles. The predicted octanol–water partition coefficient (Wildman–Crippen LogP) is 4.71. The van der Waals surface area contributed by atoms with Crippen LogP contribution in [0, 0.1) is 35.0 Å². The van der Waals surface area contributed by atoms with Gasteiger partial charge in [0.2, 0.25) is 0 Å². The summed E-state index contributed by atoms with van der Waals surface area (Å²) in [6.07, 6.45) is 5.32. The van der Waals surface area contributed by atoms with Crippen molar-refractivity contribution in [2.75, 3.05) is 0 Å². The molecule has 156 valence electrons. The minimum Gasteiger partial charge on any atom is -0.455 e. The van der Waals surface area contributed by atoms with Gasteiger partial charge in [0.15, 0.2) is 11.2 Å². The van der Waals surface area contributed by atoms with Crippen molar-refractivity contribution in [1.29, 1.82) is 0 Å². The molecule has 0 aromatic heterocycles. The van der Waals surface area contributed by atoms with E-state index in [4.69, 9.17) is 9.47 Å². The molecule has 1 saturated carbocycles. The summed E-state index contributed by atoms with van der Waals surface area (Å²) in [4.78, 5) is 26.7. The SMILES string of the molecule is C=C1C[C@@H]2CCC[C@@H](C)C[C@@H](C)[C@H]3O[C@@H]4[C@@](C)(C(=O)O[C@@]24C[C@@H]1C)C(=O)[C@H]3C. The minimum atomic E-state index is -1.17. The number of carbonyl (C=O) groups excluding carboxylic acids is 2. The fourth-order valence-electron chi connectivity index (χ4n) is 6.80. The second-order valence-electron chi connectivity index (χ2n) is 10.6. The van der Waals surface area contributed by atoms with Gasteiger partial charge in [-0.1, -0.05) is 52.7 Å². The van der Waals surface area contributed by atoms with E-state index in [0.29, 0.717) is 11.8 Å². The highest BCUT2D eigenvalue weighted by molar-refractivity contribution is 6.07. The van der Waals surface area contributed by atoms with Crippen LogP contribution in [0.4, 0.5) is 0 Å². The van der Waals surface area contributed by atoms with Gasteiger partial charge in [0.25, 0.3) is 0 Å². The van der Waals surface area contributed by atoms with E-state index in [1.165, 1.54) is 12.0 Å². The summed E-state index contributed by atoms with van der Waals surface area (Å²) in [6, 6.07) is 0. The van der Waals surface area contributed by atoms with Crippen molar-refractivity contribution in [2.45, 2.75) is 91.0 Å². The molecule has 4 heteroatoms. The predicted molar refractivity (Wildman–Crippen MR) is 108 cm³/mol. The monoisotopic (exact) mass is 388 g/mol. The second kappa shape index (κ2) is 6.68. The van der Waals surface area contributed by atoms with Crippen molar-refractivity contribution >= 4 is 11.8 Å². The number of hydrogen-bond acceptors (Lipinski definition) is 4. The Balaban J connectivity index is 1.84. The molecule has 3 heterocycles. The third-order valence-corrected chi connectivity index (χ3v) is 8.49. The zero-order valence-electron chi connectivity index (χ0n) is 18.1. The Labute approximate surface area is 169 Å². The van der Waals surface area contributed by atoms with Gasteiger partial charge in [-0.15, -0.1) is 0 Å². The first kappa shape index (κ1) is 20.1. The van der Waals surface area contributed by atoms with Crippen LogP contribution in [0.15, 0.2) is 12.2 Å². The van der Waals surface area contributed by atoms with Crippen LogP contribution < -0.4 is 0 Å². The highest BCUT2D eigenvalue weighted by atomic mass is 16.6. The third-order valence-electron chi connectivity index (χ3n) is 8.49. The van der Waals surface area contributed by atoms with E-state index in [2.05, 4.69) is 27.4 Å². The topological polar surface area (TPSA) is 52.6 Å². The summed E-state index contributed by atoms with van der Waals surface area (Å²) in [7, 11) is 0. The molecule has 0 unspecified atom stereocenters. The maximum absolute atomic E-state index is 13.5. The standard InChI is InChI=1S/C24H36O4/c1-13-8-7-9-18-11-14(2)16(4)12-24(18)21-23(6,22(26)28-24)20(25)17(5)19(27-21)15(3)10-13/h13,15-19,21H,2,7-12H2,1,3-6H3/t13-,15-,16+,17+,18+,19-,21-,23+,24+/m1/s1. The van der Waals surface area contributed by atoms with Crippen LogP contribution in [-0.4, -0.2) is 29.6 Å². The van der Waals surface area contributed by atoms with Crippen LogP contribution in [0.2, 0.25) is 0 Å². The van der Waals surface area contributed by atoms with Crippen molar-refractivity contribution in [3.05, 3.63) is 12.2 Å². The summed E-state index contributed by atoms with van der Waals surface area (Å²) >= 11 is 0. The molecule has 28 heavy (non-hydrogen) atoms. The molecule has 9 atom stereocenters. The summed E-state index contributed by atoms with van der Waals surface area (Å²) in [5.41, 5.74) is -0.622. The largest absolute Gasteiger partial charge is 0.455 e. The molecule has 3 aliphatic heterocycles. The van der Waals surface area contributed by atoms with E-state index in [9.17, 15) is 9.59 Å². The Bertz CT molecular complexity index is 699.